The fraction of sp³-hybridized carbons (Fsp3) is 0.206. The van der Waals surface area contributed by atoms with Crippen LogP contribution in [0.25, 0.3) is 83.9 Å². The zero-order chi connectivity index (χ0) is 51.4. The van der Waals surface area contributed by atoms with E-state index in [1.807, 2.05) is 72.9 Å². The van der Waals surface area contributed by atoms with Gasteiger partial charge in [0.2, 0.25) is 0 Å². The smallest absolute Gasteiger partial charge is 0.149 e. The third kappa shape index (κ3) is 9.19. The number of fused-ring (bicyclic) bond motifs is 1. The molecule has 1 N–H and O–H groups in total. The average molecular weight is 940 g/mol. The van der Waals surface area contributed by atoms with Crippen molar-refractivity contribution in [2.24, 2.45) is 0 Å². The number of nitrogens with zero attached hydrogens (tertiary/aromatic N) is 3. The van der Waals surface area contributed by atoms with Gasteiger partial charge in [0, 0.05) is 31.2 Å². The Morgan fingerprint density at radius 2 is 1.03 bits per heavy atom. The summed E-state index contributed by atoms with van der Waals surface area (Å²) >= 11 is 0. The molecule has 0 unspecified atom stereocenters. The molecule has 0 bridgehead atoms. The van der Waals surface area contributed by atoms with Crippen LogP contribution in [0.2, 0.25) is 0 Å². The van der Waals surface area contributed by atoms with Crippen molar-refractivity contribution in [1.82, 2.24) is 14.5 Å². The van der Waals surface area contributed by atoms with Crippen LogP contribution in [0.1, 0.15) is 104 Å². The molecule has 72 heavy (non-hydrogen) atoms. The van der Waals surface area contributed by atoms with Crippen molar-refractivity contribution in [1.29, 1.82) is 0 Å². The van der Waals surface area contributed by atoms with Crippen molar-refractivity contribution in [3.05, 3.63) is 229 Å². The molecule has 1 saturated carbocycles. The summed E-state index contributed by atoms with van der Waals surface area (Å²) in [6.07, 6.45) is 4.52. The number of aromatic nitrogens is 3. The number of hydrogen-bond donors (Lipinski definition) is 1. The maximum absolute atomic E-state index is 12.4. The topological polar surface area (TPSA) is 50.9 Å². The first-order chi connectivity index (χ1) is 35.6. The summed E-state index contributed by atoms with van der Waals surface area (Å²) in [5.41, 5.74) is 17.4. The van der Waals surface area contributed by atoms with Crippen LogP contribution in [0.5, 0.6) is 5.75 Å². The lowest BCUT2D eigenvalue weighted by Crippen LogP contribution is -2.12. The van der Waals surface area contributed by atoms with Gasteiger partial charge in [-0.15, -0.1) is 0 Å². The molecule has 1 aliphatic rings. The number of aromatic hydroxyl groups is 1. The lowest BCUT2D eigenvalue weighted by Gasteiger charge is -2.29. The summed E-state index contributed by atoms with van der Waals surface area (Å²) in [4.78, 5) is 10.6. The Morgan fingerprint density at radius 1 is 0.458 bits per heavy atom. The molecule has 1 fully saturated rings. The van der Waals surface area contributed by atoms with E-state index in [1.54, 1.807) is 0 Å². The number of benzene rings is 8. The van der Waals surface area contributed by atoms with Gasteiger partial charge in [-0.3, -0.25) is 9.55 Å². The van der Waals surface area contributed by atoms with Crippen LogP contribution in [0.4, 0.5) is 0 Å². The van der Waals surface area contributed by atoms with Gasteiger partial charge in [0.15, 0.2) is 0 Å². The Kier molecular flexibility index (Phi) is 11.7. The van der Waals surface area contributed by atoms with Crippen LogP contribution < -0.4 is 0 Å². The number of rotatable bonds is 9. The Hall–Kier alpha value is -7.82. The van der Waals surface area contributed by atoms with Gasteiger partial charge in [-0.25, -0.2) is 4.98 Å². The molecule has 2 aromatic heterocycles. The van der Waals surface area contributed by atoms with E-state index >= 15 is 0 Å². The molecule has 4 nitrogen and oxygen atoms in total. The van der Waals surface area contributed by atoms with Gasteiger partial charge in [0.25, 0.3) is 0 Å². The van der Waals surface area contributed by atoms with Crippen molar-refractivity contribution < 1.29 is 7.85 Å². The normalized spacial score (nSPS) is 17.6. The number of imidazole rings is 1. The van der Waals surface area contributed by atoms with Crippen molar-refractivity contribution in [3.8, 4) is 78.6 Å². The second kappa shape index (κ2) is 19.1. The maximum atomic E-state index is 12.4. The zero-order valence-corrected chi connectivity index (χ0v) is 42.2. The number of para-hydroxylation sites is 2. The Morgan fingerprint density at radius 3 is 1.68 bits per heavy atom. The molecular weight excluding hydrogens is 875 g/mol. The van der Waals surface area contributed by atoms with Crippen molar-refractivity contribution >= 4 is 11.0 Å². The molecule has 0 saturated heterocycles. The van der Waals surface area contributed by atoms with Crippen molar-refractivity contribution in [3.63, 3.8) is 0 Å². The largest absolute Gasteiger partial charge is 0.507 e. The Bertz CT molecular complexity index is 3650. The van der Waals surface area contributed by atoms with Crippen molar-refractivity contribution in [2.45, 2.75) is 89.8 Å². The first-order valence-corrected chi connectivity index (χ1v) is 25.4. The summed E-state index contributed by atoms with van der Waals surface area (Å²) in [7, 11) is 0. The molecule has 0 spiro atoms. The van der Waals surface area contributed by atoms with Crippen LogP contribution in [0.15, 0.2) is 206 Å². The molecule has 0 radical (unpaired) electrons. The van der Waals surface area contributed by atoms with E-state index < -0.39 is 11.8 Å². The first kappa shape index (κ1) is 44.1. The van der Waals surface area contributed by atoms with Crippen LogP contribution in [0, 0.1) is 0 Å². The van der Waals surface area contributed by atoms with Crippen LogP contribution in [-0.2, 0) is 10.8 Å². The van der Waals surface area contributed by atoms with E-state index in [-0.39, 0.29) is 16.6 Å². The van der Waals surface area contributed by atoms with E-state index in [4.69, 9.17) is 9.97 Å². The number of phenols is 1. The summed E-state index contributed by atoms with van der Waals surface area (Å²) in [5.74, 6) is -0.551. The highest BCUT2D eigenvalue weighted by Crippen LogP contribution is 2.45. The quantitative estimate of drug-likeness (QED) is 0.157. The van der Waals surface area contributed by atoms with E-state index in [1.165, 1.54) is 11.1 Å². The van der Waals surface area contributed by atoms with Gasteiger partial charge in [0.1, 0.15) is 11.6 Å². The molecule has 4 heteroatoms. The fourth-order valence-electron chi connectivity index (χ4n) is 10.5. The number of phenolic OH excluding ortho intramolecular Hbond substituents is 1. The summed E-state index contributed by atoms with van der Waals surface area (Å²) in [5, 5.41) is 12.4. The minimum atomic E-state index is -0.724. The molecule has 1 aliphatic carbocycles. The standard InChI is InChI=1S/C68H63N3O/c1-67(2,3)55-36-37-62(60(44-55)51-22-14-9-15-23-51)71-63-27-17-24-57(64(63)70-66(71)59-26-16-25-58(65(59)72)50-20-12-8-13-21-50)53-40-54(42-56(41-53)68(4,5)6)61-43-52(38-39-69-61)49-34-32-48(33-35-49)47-30-28-46(29-31-47)45-18-10-7-11-19-45/h7-27,32-44,46-47,72H,28-31H2,1-6H3/i46D,47D. The summed E-state index contributed by atoms with van der Waals surface area (Å²) in [6, 6.07) is 69.5. The fourth-order valence-corrected chi connectivity index (χ4v) is 10.5. The molecule has 0 atom stereocenters. The minimum Gasteiger partial charge on any atom is -0.507 e. The molecular formula is C68H63N3O. The first-order valence-electron chi connectivity index (χ1n) is 26.4. The maximum Gasteiger partial charge on any atom is 0.149 e. The molecule has 8 aromatic carbocycles. The molecule has 0 amide bonds. The number of hydrogen-bond acceptors (Lipinski definition) is 3. The lowest BCUT2D eigenvalue weighted by molar-refractivity contribution is 0.396. The second-order valence-electron chi connectivity index (χ2n) is 21.5. The van der Waals surface area contributed by atoms with Gasteiger partial charge in [-0.2, -0.15) is 0 Å². The molecule has 11 rings (SSSR count). The van der Waals surface area contributed by atoms with E-state index in [0.717, 1.165) is 83.6 Å². The SMILES string of the molecule is [2H]C1(c2ccccc2)CCC([2H])(c2ccc(-c3ccnc(-c4cc(-c5cccc6c5nc(-c5cccc(-c7ccccc7)c5O)n6-c5ccc(C(C)(C)C)cc5-c5ccccc5)cc(C(C)(C)C)c4)c3)cc2)CC1. The van der Waals surface area contributed by atoms with E-state index in [9.17, 15) is 7.85 Å². The molecule has 356 valence electrons. The predicted molar refractivity (Wildman–Crippen MR) is 301 cm³/mol. The predicted octanol–water partition coefficient (Wildman–Crippen LogP) is 18.2. The lowest BCUT2D eigenvalue weighted by atomic mass is 9.76. The third-order valence-electron chi connectivity index (χ3n) is 14.7. The monoisotopic (exact) mass is 940 g/mol. The van der Waals surface area contributed by atoms with Gasteiger partial charge in [-0.05, 0) is 147 Å². The van der Waals surface area contributed by atoms with Gasteiger partial charge in [-0.1, -0.05) is 193 Å². The number of pyridine rings is 1. The van der Waals surface area contributed by atoms with Crippen molar-refractivity contribution in [2.75, 3.05) is 0 Å². The van der Waals surface area contributed by atoms with Crippen LogP contribution in [-0.4, -0.2) is 19.6 Å². The highest BCUT2D eigenvalue weighted by atomic mass is 16.3. The van der Waals surface area contributed by atoms with Gasteiger partial charge in [0.05, 0.1) is 28.0 Å². The minimum absolute atomic E-state index is 0.0895. The van der Waals surface area contributed by atoms with Gasteiger partial charge >= 0.3 is 0 Å². The molecule has 0 aliphatic heterocycles. The van der Waals surface area contributed by atoms with E-state index in [0.29, 0.717) is 37.1 Å². The Balaban J connectivity index is 1.03. The molecule has 2 heterocycles. The zero-order valence-electron chi connectivity index (χ0n) is 44.2. The Labute approximate surface area is 428 Å². The average Bonchev–Trinajstić information content (AvgIpc) is 3.82. The van der Waals surface area contributed by atoms with Crippen LogP contribution >= 0.6 is 0 Å². The summed E-state index contributed by atoms with van der Waals surface area (Å²) in [6.45, 7) is 13.5. The highest BCUT2D eigenvalue weighted by molar-refractivity contribution is 5.98. The highest BCUT2D eigenvalue weighted by Gasteiger charge is 2.27. The summed E-state index contributed by atoms with van der Waals surface area (Å²) < 4.78 is 21.0. The van der Waals surface area contributed by atoms with E-state index in [2.05, 4.69) is 180 Å². The van der Waals surface area contributed by atoms with Crippen LogP contribution in [0.3, 0.4) is 0 Å². The third-order valence-corrected chi connectivity index (χ3v) is 14.7. The van der Waals surface area contributed by atoms with Gasteiger partial charge < -0.3 is 5.11 Å². The molecule has 10 aromatic rings. The second-order valence-corrected chi connectivity index (χ2v) is 21.5.